The van der Waals surface area contributed by atoms with Crippen molar-refractivity contribution in [3.8, 4) is 5.75 Å². The number of anilines is 1. The van der Waals surface area contributed by atoms with Crippen LogP contribution < -0.4 is 15.4 Å². The van der Waals surface area contributed by atoms with Gasteiger partial charge >= 0.3 is 0 Å². The highest BCUT2D eigenvalue weighted by atomic mass is 19.1. The van der Waals surface area contributed by atoms with Crippen LogP contribution in [0, 0.1) is 11.2 Å². The molecule has 0 aliphatic heterocycles. The van der Waals surface area contributed by atoms with E-state index >= 15 is 0 Å². The van der Waals surface area contributed by atoms with Gasteiger partial charge in [-0.25, -0.2) is 4.39 Å². The molecule has 0 bridgehead atoms. The quantitative estimate of drug-likeness (QED) is 0.816. The lowest BCUT2D eigenvalue weighted by Crippen LogP contribution is -2.44. The Morgan fingerprint density at radius 2 is 2.11 bits per heavy atom. The summed E-state index contributed by atoms with van der Waals surface area (Å²) in [5, 5.41) is 6.57. The molecular weight excluding hydrogens is 231 g/mol. The normalized spacial score (nSPS) is 17.1. The predicted molar refractivity (Wildman–Crippen MR) is 71.7 cm³/mol. The first kappa shape index (κ1) is 13.1. The number of ether oxygens (including phenoxy) is 1. The minimum atomic E-state index is -0.321. The average molecular weight is 252 g/mol. The van der Waals surface area contributed by atoms with E-state index < -0.39 is 0 Å². The van der Waals surface area contributed by atoms with E-state index in [1.54, 1.807) is 6.07 Å². The first-order valence-electron chi connectivity index (χ1n) is 6.41. The van der Waals surface area contributed by atoms with Crippen LogP contribution in [0.1, 0.15) is 19.3 Å². The van der Waals surface area contributed by atoms with Gasteiger partial charge in [0, 0.05) is 30.3 Å². The smallest absolute Gasteiger partial charge is 0.167 e. The van der Waals surface area contributed by atoms with Crippen LogP contribution in [0.5, 0.6) is 5.75 Å². The van der Waals surface area contributed by atoms with Gasteiger partial charge in [0.1, 0.15) is 0 Å². The third-order valence-electron chi connectivity index (χ3n) is 3.79. The number of hydrogen-bond acceptors (Lipinski definition) is 3. The lowest BCUT2D eigenvalue weighted by atomic mass is 9.68. The highest BCUT2D eigenvalue weighted by Crippen LogP contribution is 2.40. The summed E-state index contributed by atoms with van der Waals surface area (Å²) in [7, 11) is 3.45. The van der Waals surface area contributed by atoms with E-state index in [4.69, 9.17) is 4.74 Å². The lowest BCUT2D eigenvalue weighted by Gasteiger charge is -2.42. The topological polar surface area (TPSA) is 33.3 Å². The summed E-state index contributed by atoms with van der Waals surface area (Å²) in [6.07, 6.45) is 3.76. The molecule has 1 saturated carbocycles. The zero-order valence-corrected chi connectivity index (χ0v) is 11.1. The van der Waals surface area contributed by atoms with Crippen LogP contribution in [0.25, 0.3) is 0 Å². The molecule has 0 amide bonds. The fourth-order valence-corrected chi connectivity index (χ4v) is 2.53. The lowest BCUT2D eigenvalue weighted by molar-refractivity contribution is 0.151. The molecule has 18 heavy (non-hydrogen) atoms. The van der Waals surface area contributed by atoms with Crippen LogP contribution in [0.4, 0.5) is 10.1 Å². The van der Waals surface area contributed by atoms with Gasteiger partial charge in [0.15, 0.2) is 11.6 Å². The molecule has 0 radical (unpaired) electrons. The van der Waals surface area contributed by atoms with Gasteiger partial charge in [-0.1, -0.05) is 6.42 Å². The third-order valence-corrected chi connectivity index (χ3v) is 3.79. The van der Waals surface area contributed by atoms with Crippen molar-refractivity contribution in [3.05, 3.63) is 24.0 Å². The van der Waals surface area contributed by atoms with Crippen LogP contribution >= 0.6 is 0 Å². The van der Waals surface area contributed by atoms with Crippen molar-refractivity contribution in [2.24, 2.45) is 5.41 Å². The van der Waals surface area contributed by atoms with Gasteiger partial charge in [0.05, 0.1) is 7.11 Å². The Kier molecular flexibility index (Phi) is 4.07. The SMILES string of the molecule is CNCC1(CNc2ccc(OC)c(F)c2)CCC1. The standard InChI is InChI=1S/C14H21FN2O/c1-16-9-14(6-3-7-14)10-17-11-4-5-13(18-2)12(15)8-11/h4-5,8,16-17H,3,6-7,9-10H2,1-2H3. The first-order chi connectivity index (χ1) is 8.69. The van der Waals surface area contributed by atoms with Crippen molar-refractivity contribution < 1.29 is 9.13 Å². The number of benzene rings is 1. The fourth-order valence-electron chi connectivity index (χ4n) is 2.53. The number of hydrogen-bond donors (Lipinski definition) is 2. The summed E-state index contributed by atoms with van der Waals surface area (Å²) in [4.78, 5) is 0. The van der Waals surface area contributed by atoms with Gasteiger partial charge in [-0.15, -0.1) is 0 Å². The van der Waals surface area contributed by atoms with E-state index in [9.17, 15) is 4.39 Å². The molecule has 4 heteroatoms. The molecule has 0 spiro atoms. The van der Waals surface area contributed by atoms with Crippen LogP contribution in [0.2, 0.25) is 0 Å². The zero-order valence-electron chi connectivity index (χ0n) is 11.1. The average Bonchev–Trinajstić information content (AvgIpc) is 2.32. The summed E-state index contributed by atoms with van der Waals surface area (Å²) in [6, 6.07) is 5.00. The number of halogens is 1. The van der Waals surface area contributed by atoms with E-state index in [1.165, 1.54) is 32.4 Å². The minimum Gasteiger partial charge on any atom is -0.494 e. The molecule has 0 unspecified atom stereocenters. The molecular formula is C14H21FN2O. The number of nitrogens with one attached hydrogen (secondary N) is 2. The molecule has 1 aromatic carbocycles. The Hall–Kier alpha value is -1.29. The molecule has 100 valence electrons. The summed E-state index contributed by atoms with van der Waals surface area (Å²) in [5.74, 6) is -0.0343. The molecule has 0 atom stereocenters. The molecule has 0 saturated heterocycles. The molecule has 2 rings (SSSR count). The maximum Gasteiger partial charge on any atom is 0.167 e. The molecule has 1 fully saturated rings. The van der Waals surface area contributed by atoms with Crippen molar-refractivity contribution >= 4 is 5.69 Å². The molecule has 1 aliphatic carbocycles. The second kappa shape index (κ2) is 5.57. The minimum absolute atomic E-state index is 0.286. The Labute approximate surface area is 108 Å². The van der Waals surface area contributed by atoms with Gasteiger partial charge in [0.25, 0.3) is 0 Å². The van der Waals surface area contributed by atoms with Crippen molar-refractivity contribution in [2.75, 3.05) is 32.6 Å². The molecule has 0 heterocycles. The number of rotatable bonds is 6. The molecule has 1 aromatic rings. The van der Waals surface area contributed by atoms with Gasteiger partial charge in [0.2, 0.25) is 0 Å². The van der Waals surface area contributed by atoms with E-state index in [1.807, 2.05) is 13.1 Å². The summed E-state index contributed by atoms with van der Waals surface area (Å²) >= 11 is 0. The molecule has 0 aromatic heterocycles. The molecule has 3 nitrogen and oxygen atoms in total. The van der Waals surface area contributed by atoms with Crippen molar-refractivity contribution in [3.63, 3.8) is 0 Å². The van der Waals surface area contributed by atoms with Gasteiger partial charge in [-0.05, 0) is 32.0 Å². The predicted octanol–water partition coefficient (Wildman–Crippen LogP) is 2.64. The summed E-state index contributed by atoms with van der Waals surface area (Å²) in [5.41, 5.74) is 1.15. The number of methoxy groups -OCH3 is 1. The van der Waals surface area contributed by atoms with E-state index in [2.05, 4.69) is 10.6 Å². The second-order valence-corrected chi connectivity index (χ2v) is 5.09. The summed E-state index contributed by atoms with van der Waals surface area (Å²) in [6.45, 7) is 1.90. The first-order valence-corrected chi connectivity index (χ1v) is 6.41. The Morgan fingerprint density at radius 3 is 2.61 bits per heavy atom. The highest BCUT2D eigenvalue weighted by molar-refractivity contribution is 5.47. The maximum atomic E-state index is 13.5. The second-order valence-electron chi connectivity index (χ2n) is 5.09. The monoisotopic (exact) mass is 252 g/mol. The van der Waals surface area contributed by atoms with Crippen molar-refractivity contribution in [2.45, 2.75) is 19.3 Å². The highest BCUT2D eigenvalue weighted by Gasteiger charge is 2.35. The van der Waals surface area contributed by atoms with Gasteiger partial charge in [-0.2, -0.15) is 0 Å². The van der Waals surface area contributed by atoms with Crippen molar-refractivity contribution in [1.82, 2.24) is 5.32 Å². The van der Waals surface area contributed by atoms with E-state index in [0.717, 1.165) is 18.8 Å². The van der Waals surface area contributed by atoms with Crippen molar-refractivity contribution in [1.29, 1.82) is 0 Å². The Balaban J connectivity index is 1.95. The summed E-state index contributed by atoms with van der Waals surface area (Å²) < 4.78 is 18.4. The molecule has 2 N–H and O–H groups in total. The van der Waals surface area contributed by atoms with E-state index in [0.29, 0.717) is 5.41 Å². The van der Waals surface area contributed by atoms with Crippen LogP contribution in [0.3, 0.4) is 0 Å². The molecule has 1 aliphatic rings. The Bertz CT molecular complexity index is 405. The maximum absolute atomic E-state index is 13.5. The van der Waals surface area contributed by atoms with E-state index in [-0.39, 0.29) is 11.6 Å². The van der Waals surface area contributed by atoms with Gasteiger partial charge in [-0.3, -0.25) is 0 Å². The Morgan fingerprint density at radius 1 is 1.33 bits per heavy atom. The van der Waals surface area contributed by atoms with Crippen LogP contribution in [-0.2, 0) is 0 Å². The van der Waals surface area contributed by atoms with Gasteiger partial charge < -0.3 is 15.4 Å². The fraction of sp³-hybridized carbons (Fsp3) is 0.571. The zero-order chi connectivity index (χ0) is 13.0. The third kappa shape index (κ3) is 2.75. The van der Waals surface area contributed by atoms with Crippen LogP contribution in [-0.4, -0.2) is 27.2 Å². The largest absolute Gasteiger partial charge is 0.494 e. The van der Waals surface area contributed by atoms with Crippen LogP contribution in [0.15, 0.2) is 18.2 Å².